The summed E-state index contributed by atoms with van der Waals surface area (Å²) in [6.45, 7) is 0.962. The molecule has 1 saturated heterocycles. The number of likely N-dealkylation sites (N-methyl/N-ethyl adjacent to an activating group) is 1. The van der Waals surface area contributed by atoms with Crippen molar-refractivity contribution in [3.63, 3.8) is 0 Å². The number of aromatic nitrogens is 1. The third-order valence-corrected chi connectivity index (χ3v) is 5.18. The number of nitrogens with one attached hydrogen (secondary N) is 1. The summed E-state index contributed by atoms with van der Waals surface area (Å²) in [6.07, 6.45) is -21.0. The van der Waals surface area contributed by atoms with Gasteiger partial charge in [0, 0.05) is 38.3 Å². The second-order valence-electron chi connectivity index (χ2n) is 8.07. The van der Waals surface area contributed by atoms with Crippen molar-refractivity contribution < 1.29 is 72.8 Å². The van der Waals surface area contributed by atoms with Crippen LogP contribution in [0.5, 0.6) is 5.88 Å². The normalized spacial score (nSPS) is 20.3. The van der Waals surface area contributed by atoms with Crippen molar-refractivity contribution in [1.29, 1.82) is 0 Å². The molecule has 0 aromatic carbocycles. The van der Waals surface area contributed by atoms with Crippen LogP contribution in [-0.4, -0.2) is 91.7 Å². The minimum atomic E-state index is -6.00. The van der Waals surface area contributed by atoms with Crippen molar-refractivity contribution in [3.8, 4) is 5.88 Å². The second-order valence-corrected chi connectivity index (χ2v) is 8.07. The molecule has 0 bridgehead atoms. The fourth-order valence-corrected chi connectivity index (χ4v) is 3.24. The van der Waals surface area contributed by atoms with Gasteiger partial charge in [-0.1, -0.05) is 0 Å². The van der Waals surface area contributed by atoms with E-state index in [0.717, 1.165) is 0 Å². The maximum absolute atomic E-state index is 13.0. The molecule has 0 aliphatic carbocycles. The van der Waals surface area contributed by atoms with Crippen LogP contribution in [0.1, 0.15) is 5.56 Å². The van der Waals surface area contributed by atoms with Gasteiger partial charge in [-0.3, -0.25) is 5.32 Å². The topological polar surface area (TPSA) is 120 Å². The van der Waals surface area contributed by atoms with E-state index in [0.29, 0.717) is 26.2 Å². The Hall–Kier alpha value is -3.55. The Morgan fingerprint density at radius 2 is 1.41 bits per heavy atom. The third-order valence-electron chi connectivity index (χ3n) is 5.18. The number of esters is 3. The number of carbonyl (C=O) groups is 3. The predicted molar refractivity (Wildman–Crippen MR) is 104 cm³/mol. The summed E-state index contributed by atoms with van der Waals surface area (Å²) in [5, 5.41) is 1.83. The van der Waals surface area contributed by atoms with Gasteiger partial charge in [0.15, 0.2) is 0 Å². The average Bonchev–Trinajstić information content (AvgIpc) is 2.94. The number of fused-ring (bicyclic) bond motifs is 1. The number of pyridine rings is 1. The summed E-state index contributed by atoms with van der Waals surface area (Å²) in [5.41, 5.74) is -0.228. The van der Waals surface area contributed by atoms with Crippen molar-refractivity contribution in [2.45, 2.75) is 37.3 Å². The van der Waals surface area contributed by atoms with Gasteiger partial charge < -0.3 is 28.7 Å². The lowest BCUT2D eigenvalue weighted by molar-refractivity contribution is -0.370. The van der Waals surface area contributed by atoms with Crippen LogP contribution in [0.4, 0.5) is 45.3 Å². The SMILES string of the molecule is CN1CCN(c2ccc3c(n2)OC(OC(=O)C(F)(F)F)(OC(=O)C(F)(F)F)C(OC(=O)C(F)(F)F)NC3)CC1. The van der Waals surface area contributed by atoms with Gasteiger partial charge in [-0.05, 0) is 19.2 Å². The van der Waals surface area contributed by atoms with Crippen LogP contribution in [0.25, 0.3) is 0 Å². The van der Waals surface area contributed by atoms with E-state index in [-0.39, 0.29) is 11.4 Å². The van der Waals surface area contributed by atoms with Crippen LogP contribution in [0.15, 0.2) is 12.1 Å². The Labute approximate surface area is 211 Å². The zero-order valence-corrected chi connectivity index (χ0v) is 19.4. The predicted octanol–water partition coefficient (Wildman–Crippen LogP) is 1.61. The highest BCUT2D eigenvalue weighted by Gasteiger charge is 2.62. The maximum atomic E-state index is 13.0. The molecule has 1 aromatic heterocycles. The molecule has 0 amide bonds. The summed E-state index contributed by atoms with van der Waals surface area (Å²) in [5.74, 6) is -15.2. The summed E-state index contributed by atoms with van der Waals surface area (Å²) < 4.78 is 133. The lowest BCUT2D eigenvalue weighted by Gasteiger charge is -2.36. The number of alkyl halides is 9. The monoisotopic (exact) mass is 584 g/mol. The molecule has 39 heavy (non-hydrogen) atoms. The van der Waals surface area contributed by atoms with E-state index in [1.807, 2.05) is 10.2 Å². The van der Waals surface area contributed by atoms with Crippen molar-refractivity contribution in [1.82, 2.24) is 15.2 Å². The first-order valence-corrected chi connectivity index (χ1v) is 10.6. The molecule has 1 N–H and O–H groups in total. The highest BCUT2D eigenvalue weighted by atomic mass is 19.4. The van der Waals surface area contributed by atoms with Gasteiger partial charge in [-0.25, -0.2) is 14.4 Å². The molecule has 0 radical (unpaired) electrons. The molecule has 11 nitrogen and oxygen atoms in total. The zero-order chi connectivity index (χ0) is 29.4. The number of anilines is 1. The Balaban J connectivity index is 2.12. The summed E-state index contributed by atoms with van der Waals surface area (Å²) >= 11 is 0. The number of halogens is 9. The van der Waals surface area contributed by atoms with Crippen molar-refractivity contribution in [3.05, 3.63) is 17.7 Å². The molecular formula is C19H17F9N4O7. The Morgan fingerprint density at radius 1 is 0.897 bits per heavy atom. The summed E-state index contributed by atoms with van der Waals surface area (Å²) in [4.78, 5) is 42.3. The molecule has 2 aliphatic heterocycles. The fraction of sp³-hybridized carbons (Fsp3) is 0.579. The van der Waals surface area contributed by atoms with Crippen LogP contribution in [0.2, 0.25) is 0 Å². The standard InChI is InChI=1S/C19H17F9N4O7/c1-31-4-6-32(7-5-31)10-3-2-9-8-29-12(36-13(33)16(20,21)22)19(37-11(9)30-10,38-14(34)17(23,24)25)39-15(35)18(26,27)28/h2-3,12,29H,4-8H2,1H3. The van der Waals surface area contributed by atoms with E-state index in [4.69, 9.17) is 4.74 Å². The summed E-state index contributed by atoms with van der Waals surface area (Å²) in [6, 6.07) is 2.53. The van der Waals surface area contributed by atoms with Crippen molar-refractivity contribution in [2.75, 3.05) is 38.1 Å². The van der Waals surface area contributed by atoms with Crippen LogP contribution in [-0.2, 0) is 35.1 Å². The minimum Gasteiger partial charge on any atom is -0.427 e. The highest BCUT2D eigenvalue weighted by Crippen LogP contribution is 2.36. The lowest BCUT2D eigenvalue weighted by atomic mass is 10.2. The van der Waals surface area contributed by atoms with Gasteiger partial charge in [0.25, 0.3) is 6.23 Å². The average molecular weight is 584 g/mol. The van der Waals surface area contributed by atoms with Gasteiger partial charge in [0.05, 0.1) is 0 Å². The van der Waals surface area contributed by atoms with Crippen LogP contribution in [0.3, 0.4) is 0 Å². The number of hydrogen-bond donors (Lipinski definition) is 1. The maximum Gasteiger partial charge on any atom is 0.491 e. The Morgan fingerprint density at radius 3 is 1.90 bits per heavy atom. The number of hydrogen-bond acceptors (Lipinski definition) is 11. The number of rotatable bonds is 4. The van der Waals surface area contributed by atoms with E-state index in [1.54, 1.807) is 11.9 Å². The molecule has 1 aromatic rings. The van der Waals surface area contributed by atoms with E-state index < -0.39 is 61.1 Å². The number of nitrogens with zero attached hydrogens (tertiary/aromatic N) is 3. The number of piperazine rings is 1. The van der Waals surface area contributed by atoms with Gasteiger partial charge in [-0.15, -0.1) is 0 Å². The van der Waals surface area contributed by atoms with E-state index >= 15 is 0 Å². The molecule has 3 heterocycles. The minimum absolute atomic E-state index is 0.0470. The smallest absolute Gasteiger partial charge is 0.427 e. The van der Waals surface area contributed by atoms with Gasteiger partial charge in [-0.2, -0.15) is 44.5 Å². The fourth-order valence-electron chi connectivity index (χ4n) is 3.24. The highest BCUT2D eigenvalue weighted by molar-refractivity contribution is 5.79. The quantitative estimate of drug-likeness (QED) is 0.316. The first-order chi connectivity index (χ1) is 17.8. The summed E-state index contributed by atoms with van der Waals surface area (Å²) in [7, 11) is 1.80. The van der Waals surface area contributed by atoms with E-state index in [2.05, 4.69) is 19.2 Å². The molecule has 0 spiro atoms. The van der Waals surface area contributed by atoms with Crippen LogP contribution < -0.4 is 15.0 Å². The van der Waals surface area contributed by atoms with Crippen molar-refractivity contribution in [2.24, 2.45) is 0 Å². The molecule has 0 saturated carbocycles. The molecule has 1 unspecified atom stereocenters. The van der Waals surface area contributed by atoms with Crippen molar-refractivity contribution >= 4 is 23.7 Å². The largest absolute Gasteiger partial charge is 0.491 e. The molecule has 20 heteroatoms. The number of carbonyl (C=O) groups excluding carboxylic acids is 3. The first-order valence-electron chi connectivity index (χ1n) is 10.6. The van der Waals surface area contributed by atoms with E-state index in [1.165, 1.54) is 12.1 Å². The zero-order valence-electron chi connectivity index (χ0n) is 19.4. The van der Waals surface area contributed by atoms with Gasteiger partial charge >= 0.3 is 42.4 Å². The first kappa shape index (κ1) is 30.0. The Kier molecular flexibility index (Phi) is 8.11. The third kappa shape index (κ3) is 7.11. The van der Waals surface area contributed by atoms with E-state index in [9.17, 15) is 53.9 Å². The molecule has 2 aliphatic rings. The van der Waals surface area contributed by atoms with Gasteiger partial charge in [0.2, 0.25) is 5.88 Å². The number of ether oxygens (including phenoxy) is 4. The Bertz CT molecular complexity index is 1070. The van der Waals surface area contributed by atoms with Gasteiger partial charge in [0.1, 0.15) is 5.82 Å². The second kappa shape index (κ2) is 10.5. The molecule has 1 atom stereocenters. The van der Waals surface area contributed by atoms with Crippen LogP contribution in [0, 0.1) is 0 Å². The molecule has 1 fully saturated rings. The lowest BCUT2D eigenvalue weighted by Crippen LogP contribution is -2.63. The molecule has 218 valence electrons. The van der Waals surface area contributed by atoms with Crippen LogP contribution >= 0.6 is 0 Å². The molecule has 3 rings (SSSR count). The molecular weight excluding hydrogens is 567 g/mol.